The predicted molar refractivity (Wildman–Crippen MR) is 121 cm³/mol. The number of benzene rings is 1. The minimum absolute atomic E-state index is 0.0715. The second-order valence-corrected chi connectivity index (χ2v) is 9.05. The summed E-state index contributed by atoms with van der Waals surface area (Å²) < 4.78 is 95.0. The number of carbonyl (C=O) groups excluding carboxylic acids is 2. The molecule has 0 radical (unpaired) electrons. The lowest BCUT2D eigenvalue weighted by Crippen LogP contribution is -2.43. The third-order valence-corrected chi connectivity index (χ3v) is 6.46. The highest BCUT2D eigenvalue weighted by molar-refractivity contribution is 6.34. The summed E-state index contributed by atoms with van der Waals surface area (Å²) in [5.41, 5.74) is 3.74. The van der Waals surface area contributed by atoms with Gasteiger partial charge in [-0.2, -0.15) is 31.4 Å². The third kappa shape index (κ3) is 5.06. The first-order valence-corrected chi connectivity index (χ1v) is 11.3. The van der Waals surface area contributed by atoms with Crippen molar-refractivity contribution in [1.29, 1.82) is 0 Å². The average molecular weight is 567 g/mol. The van der Waals surface area contributed by atoms with Crippen molar-refractivity contribution in [1.82, 2.24) is 24.8 Å². The SMILES string of the molecule is CC(C(=O)N1C[C@H](F)[C@H](NC(=O)c2cc(-c3cc(C(F)(F)F)c4c(N)ncnn34)ccc2Cl)C1)C(F)(F)F. The molecule has 0 spiro atoms. The molecule has 4 rings (SSSR count). The monoisotopic (exact) mass is 566 g/mol. The fourth-order valence-corrected chi connectivity index (χ4v) is 4.29. The molecule has 1 aromatic carbocycles. The molecule has 16 heteroatoms. The number of nitrogens with one attached hydrogen (secondary N) is 1. The Hall–Kier alpha value is -3.62. The number of carbonyl (C=O) groups is 2. The van der Waals surface area contributed by atoms with Gasteiger partial charge in [-0.1, -0.05) is 17.7 Å². The highest BCUT2D eigenvalue weighted by Gasteiger charge is 2.46. The number of anilines is 1. The van der Waals surface area contributed by atoms with Crippen LogP contribution in [0.25, 0.3) is 16.8 Å². The molecule has 0 bridgehead atoms. The number of nitrogens with two attached hydrogens (primary N) is 1. The standard InChI is InChI=1S/C22H18ClF7N6O2/c1-9(21(25,26)27)20(38)35-6-14(24)15(7-35)34-19(37)11-4-10(2-3-13(11)23)16-5-12(22(28,29)30)17-18(31)32-8-33-36(16)17/h2-5,8-9,14-15H,6-7H2,1H3,(H,34,37)(H2,31,32,33)/t9?,14-,15+/m0/s1. The first-order valence-electron chi connectivity index (χ1n) is 10.9. The zero-order valence-electron chi connectivity index (χ0n) is 19.2. The van der Waals surface area contributed by atoms with Crippen molar-refractivity contribution < 1.29 is 40.3 Å². The van der Waals surface area contributed by atoms with E-state index in [0.29, 0.717) is 11.8 Å². The smallest absolute Gasteiger partial charge is 0.382 e. The summed E-state index contributed by atoms with van der Waals surface area (Å²) in [7, 11) is 0. The van der Waals surface area contributed by atoms with Crippen LogP contribution in [-0.2, 0) is 11.0 Å². The van der Waals surface area contributed by atoms with Crippen LogP contribution in [0.4, 0.5) is 36.6 Å². The Morgan fingerprint density at radius 3 is 2.47 bits per heavy atom. The van der Waals surface area contributed by atoms with Crippen LogP contribution >= 0.6 is 11.6 Å². The van der Waals surface area contributed by atoms with Crippen LogP contribution < -0.4 is 11.1 Å². The van der Waals surface area contributed by atoms with Crippen LogP contribution in [0, 0.1) is 5.92 Å². The zero-order valence-corrected chi connectivity index (χ0v) is 20.0. The molecule has 2 amide bonds. The van der Waals surface area contributed by atoms with Gasteiger partial charge in [0.05, 0.1) is 34.4 Å². The maximum absolute atomic E-state index is 14.5. The molecule has 1 aliphatic heterocycles. The molecular formula is C22H18ClF7N6O2. The minimum atomic E-state index is -4.82. The molecule has 38 heavy (non-hydrogen) atoms. The van der Waals surface area contributed by atoms with E-state index in [9.17, 15) is 40.3 Å². The largest absolute Gasteiger partial charge is 0.418 e. The van der Waals surface area contributed by atoms with Crippen LogP contribution in [0.15, 0.2) is 30.6 Å². The van der Waals surface area contributed by atoms with Gasteiger partial charge in [-0.15, -0.1) is 0 Å². The first kappa shape index (κ1) is 27.4. The lowest BCUT2D eigenvalue weighted by molar-refractivity contribution is -0.185. The van der Waals surface area contributed by atoms with E-state index in [1.807, 2.05) is 0 Å². The van der Waals surface area contributed by atoms with E-state index >= 15 is 0 Å². The Morgan fingerprint density at radius 1 is 1.16 bits per heavy atom. The number of amides is 2. The van der Waals surface area contributed by atoms with E-state index in [1.54, 1.807) is 0 Å². The molecule has 0 saturated carbocycles. The van der Waals surface area contributed by atoms with E-state index in [4.69, 9.17) is 17.3 Å². The normalized spacial score (nSPS) is 19.1. The minimum Gasteiger partial charge on any atom is -0.382 e. The summed E-state index contributed by atoms with van der Waals surface area (Å²) in [6.07, 6.45) is -10.5. The summed E-state index contributed by atoms with van der Waals surface area (Å²) in [5, 5.41) is 5.99. The molecule has 1 unspecified atom stereocenters. The number of hydrogen-bond acceptors (Lipinski definition) is 5. The molecule has 1 aliphatic rings. The molecule has 3 N–H and O–H groups in total. The quantitative estimate of drug-likeness (QED) is 0.462. The van der Waals surface area contributed by atoms with Crippen LogP contribution in [0.1, 0.15) is 22.8 Å². The van der Waals surface area contributed by atoms with Gasteiger partial charge in [-0.05, 0) is 25.1 Å². The predicted octanol–water partition coefficient (Wildman–Crippen LogP) is 4.13. The highest BCUT2D eigenvalue weighted by Crippen LogP contribution is 2.39. The average Bonchev–Trinajstić information content (AvgIpc) is 3.39. The van der Waals surface area contributed by atoms with Crippen LogP contribution in [0.2, 0.25) is 5.02 Å². The van der Waals surface area contributed by atoms with Gasteiger partial charge in [0.25, 0.3) is 5.91 Å². The molecular weight excluding hydrogens is 549 g/mol. The maximum atomic E-state index is 14.5. The number of nitrogen functional groups attached to an aromatic ring is 1. The van der Waals surface area contributed by atoms with Gasteiger partial charge in [-0.25, -0.2) is 13.9 Å². The van der Waals surface area contributed by atoms with Gasteiger partial charge in [0.15, 0.2) is 5.82 Å². The van der Waals surface area contributed by atoms with Crippen LogP contribution in [-0.4, -0.2) is 62.8 Å². The van der Waals surface area contributed by atoms with Crippen molar-refractivity contribution in [2.24, 2.45) is 5.92 Å². The Balaban J connectivity index is 1.62. The maximum Gasteiger partial charge on any atom is 0.418 e. The van der Waals surface area contributed by atoms with Gasteiger partial charge < -0.3 is 16.0 Å². The second-order valence-electron chi connectivity index (χ2n) is 8.64. The number of fused-ring (bicyclic) bond motifs is 1. The number of alkyl halides is 7. The summed E-state index contributed by atoms with van der Waals surface area (Å²) >= 11 is 6.12. The zero-order chi connectivity index (χ0) is 28.2. The van der Waals surface area contributed by atoms with Gasteiger partial charge in [-0.3, -0.25) is 9.59 Å². The third-order valence-electron chi connectivity index (χ3n) is 6.13. The Morgan fingerprint density at radius 2 is 1.84 bits per heavy atom. The van der Waals surface area contributed by atoms with Crippen LogP contribution in [0.3, 0.4) is 0 Å². The molecule has 2 aromatic heterocycles. The van der Waals surface area contributed by atoms with Crippen molar-refractivity contribution in [3.63, 3.8) is 0 Å². The number of rotatable bonds is 4. The number of halogens is 8. The van der Waals surface area contributed by atoms with Crippen molar-refractivity contribution in [3.05, 3.63) is 46.7 Å². The molecule has 1 fully saturated rings. The van der Waals surface area contributed by atoms with Crippen molar-refractivity contribution in [2.45, 2.75) is 31.5 Å². The molecule has 0 aliphatic carbocycles. The number of nitrogens with zero attached hydrogens (tertiary/aromatic N) is 4. The summed E-state index contributed by atoms with van der Waals surface area (Å²) in [4.78, 5) is 29.3. The number of likely N-dealkylation sites (tertiary alicyclic amines) is 1. The van der Waals surface area contributed by atoms with Crippen LogP contribution in [0.5, 0.6) is 0 Å². The number of aromatic nitrogens is 3. The molecule has 3 atom stereocenters. The second kappa shape index (κ2) is 9.60. The fourth-order valence-electron chi connectivity index (χ4n) is 4.09. The molecule has 3 heterocycles. The van der Waals surface area contributed by atoms with E-state index in [0.717, 1.165) is 23.0 Å². The molecule has 3 aromatic rings. The Bertz CT molecular complexity index is 1410. The van der Waals surface area contributed by atoms with Gasteiger partial charge in [0.1, 0.15) is 23.9 Å². The van der Waals surface area contributed by atoms with E-state index in [2.05, 4.69) is 15.4 Å². The molecule has 1 saturated heterocycles. The molecule has 8 nitrogen and oxygen atoms in total. The number of hydrogen-bond donors (Lipinski definition) is 2. The van der Waals surface area contributed by atoms with Gasteiger partial charge in [0.2, 0.25) is 5.91 Å². The fraction of sp³-hybridized carbons (Fsp3) is 0.364. The van der Waals surface area contributed by atoms with Crippen molar-refractivity contribution >= 4 is 34.7 Å². The topological polar surface area (TPSA) is 106 Å². The lowest BCUT2D eigenvalue weighted by Gasteiger charge is -2.22. The Kier molecular flexibility index (Phi) is 6.93. The summed E-state index contributed by atoms with van der Waals surface area (Å²) in [6.45, 7) is -0.520. The van der Waals surface area contributed by atoms with E-state index in [-0.39, 0.29) is 21.8 Å². The Labute approximate surface area is 214 Å². The highest BCUT2D eigenvalue weighted by atomic mass is 35.5. The molecule has 204 valence electrons. The summed E-state index contributed by atoms with van der Waals surface area (Å²) in [5.74, 6) is -5.07. The van der Waals surface area contributed by atoms with Crippen molar-refractivity contribution in [3.8, 4) is 11.3 Å². The van der Waals surface area contributed by atoms with E-state index < -0.39 is 72.3 Å². The first-order chi connectivity index (χ1) is 17.6. The van der Waals surface area contributed by atoms with Gasteiger partial charge >= 0.3 is 12.4 Å². The van der Waals surface area contributed by atoms with Gasteiger partial charge in [0, 0.05) is 12.1 Å². The summed E-state index contributed by atoms with van der Waals surface area (Å²) in [6, 6.07) is 3.13. The van der Waals surface area contributed by atoms with Crippen molar-refractivity contribution in [2.75, 3.05) is 18.8 Å². The lowest BCUT2D eigenvalue weighted by atomic mass is 10.1. The van der Waals surface area contributed by atoms with E-state index in [1.165, 1.54) is 12.1 Å².